The van der Waals surface area contributed by atoms with Crippen LogP contribution in [0.3, 0.4) is 0 Å². The molecule has 0 aliphatic carbocycles. The van der Waals surface area contributed by atoms with Crippen LogP contribution in [0.5, 0.6) is 0 Å². The number of aliphatic hydroxyl groups is 5. The number of ether oxygens (including phenoxy) is 1. The van der Waals surface area contributed by atoms with Crippen LogP contribution in [0, 0.1) is 0 Å². The van der Waals surface area contributed by atoms with Gasteiger partial charge in [-0.15, -0.1) is 0 Å². The van der Waals surface area contributed by atoms with Gasteiger partial charge in [-0.1, -0.05) is 0 Å². The second kappa shape index (κ2) is 13.4. The topological polar surface area (TPSA) is 110 Å². The Labute approximate surface area is 265 Å². The van der Waals surface area contributed by atoms with Gasteiger partial charge in [-0.05, 0) is 0 Å². The third-order valence-electron chi connectivity index (χ3n) is 8.66. The average molecular weight is 714 g/mol. The Morgan fingerprint density at radius 2 is 1.00 bits per heavy atom. The van der Waals surface area contributed by atoms with Crippen LogP contribution < -0.4 is 20.7 Å². The summed E-state index contributed by atoms with van der Waals surface area (Å²) < 4.78 is 6.45. The minimum absolute atomic E-state index is 0.0347. The molecule has 0 radical (unpaired) electrons. The first-order valence-corrected chi connectivity index (χ1v) is 20.0. The summed E-state index contributed by atoms with van der Waals surface area (Å²) in [6.45, 7) is 2.65. The standard InChI is InChI=1S/C35H39IO6P/c37-30(21-26-13-5-1-6-14-26)31-32(38,22-27-15-7-2-8-16-27)33(39,23-28-17-9-3-10-18-28)34(40,35(41,42-31)25-36-43)24-29-19-11-4-12-20-29/h1-20,30-31,37-41H,21-25,43H2/q-1/t30?,31-,32-,33+,34-,35?/m1/s1. The molecule has 1 fully saturated rings. The molecule has 0 aromatic heterocycles. The van der Waals surface area contributed by atoms with Gasteiger partial charge in [0, 0.05) is 0 Å². The molecule has 1 saturated heterocycles. The molecule has 4 aromatic rings. The molecular formula is C35H39IO6P-. The molecule has 0 spiro atoms. The first kappa shape index (κ1) is 32.2. The molecule has 4 aromatic carbocycles. The van der Waals surface area contributed by atoms with E-state index in [0.29, 0.717) is 16.7 Å². The molecule has 0 saturated carbocycles. The number of hydrogen-bond donors (Lipinski definition) is 5. The quantitative estimate of drug-likeness (QED) is 0.0880. The molecule has 1 heterocycles. The van der Waals surface area contributed by atoms with Gasteiger partial charge >= 0.3 is 266 Å². The molecule has 5 N–H and O–H groups in total. The number of benzene rings is 4. The van der Waals surface area contributed by atoms with Gasteiger partial charge in [-0.3, -0.25) is 0 Å². The Kier molecular flexibility index (Phi) is 10.1. The summed E-state index contributed by atoms with van der Waals surface area (Å²) in [5.74, 6) is -2.29. The monoisotopic (exact) mass is 713 g/mol. The second-order valence-corrected chi connectivity index (χ2v) is 15.2. The van der Waals surface area contributed by atoms with E-state index in [9.17, 15) is 25.5 Å². The molecule has 1 aliphatic rings. The van der Waals surface area contributed by atoms with Gasteiger partial charge in [0.05, 0.1) is 0 Å². The van der Waals surface area contributed by atoms with Gasteiger partial charge in [0.15, 0.2) is 0 Å². The molecule has 0 bridgehead atoms. The van der Waals surface area contributed by atoms with E-state index in [4.69, 9.17) is 4.74 Å². The van der Waals surface area contributed by atoms with E-state index in [2.05, 4.69) is 6.88 Å². The summed E-state index contributed by atoms with van der Waals surface area (Å²) in [7, 11) is 0. The zero-order valence-corrected chi connectivity index (χ0v) is 27.1. The average Bonchev–Trinajstić information content (AvgIpc) is 3.01. The fourth-order valence-electron chi connectivity index (χ4n) is 6.45. The van der Waals surface area contributed by atoms with Crippen LogP contribution in [0.1, 0.15) is 22.3 Å². The molecule has 8 heteroatoms. The van der Waals surface area contributed by atoms with Crippen LogP contribution in [-0.2, 0) is 30.4 Å². The number of aliphatic hydroxyl groups excluding tert-OH is 1. The zero-order valence-electron chi connectivity index (χ0n) is 23.8. The van der Waals surface area contributed by atoms with Crippen molar-refractivity contribution < 1.29 is 50.9 Å². The third kappa shape index (κ3) is 6.33. The summed E-state index contributed by atoms with van der Waals surface area (Å²) in [4.78, 5) is 0. The summed E-state index contributed by atoms with van der Waals surface area (Å²) >= 11 is -0.767. The molecule has 43 heavy (non-hydrogen) atoms. The maximum atomic E-state index is 13.2. The molecule has 0 amide bonds. The Hall–Kier alpha value is -2.20. The molecule has 6 nitrogen and oxygen atoms in total. The molecular weight excluding hydrogens is 674 g/mol. The molecule has 1 aliphatic heterocycles. The van der Waals surface area contributed by atoms with Crippen LogP contribution in [0.2, 0.25) is 0 Å². The summed E-state index contributed by atoms with van der Waals surface area (Å²) in [6, 6.07) is 36.8. The Morgan fingerprint density at radius 3 is 1.44 bits per heavy atom. The van der Waals surface area contributed by atoms with Gasteiger partial charge in [-0.25, -0.2) is 0 Å². The van der Waals surface area contributed by atoms with Crippen LogP contribution in [0.4, 0.5) is 0 Å². The van der Waals surface area contributed by atoms with Gasteiger partial charge in [0.1, 0.15) is 0 Å². The molecule has 3 unspecified atom stereocenters. The summed E-state index contributed by atoms with van der Waals surface area (Å²) in [6.07, 6.45) is -3.21. The molecule has 228 valence electrons. The predicted octanol–water partition coefficient (Wildman–Crippen LogP) is 0.478. The van der Waals surface area contributed by atoms with Gasteiger partial charge < -0.3 is 0 Å². The summed E-state index contributed by atoms with van der Waals surface area (Å²) in [5, 5.41) is 63.3. The van der Waals surface area contributed by atoms with Crippen molar-refractivity contribution >= 4 is 6.88 Å². The van der Waals surface area contributed by atoms with E-state index in [0.717, 1.165) is 5.56 Å². The third-order valence-corrected chi connectivity index (χ3v) is 11.2. The molecule has 7 atom stereocenters. The SMILES string of the molecule is OC(Cc1ccccc1)[C@H]1OC(O)(C[I-]P)[C@@](O)(Cc2ccccc2)[C@](O)(Cc2ccccc2)[C@@]1(O)Cc1ccccc1. The van der Waals surface area contributed by atoms with Crippen molar-refractivity contribution in [3.63, 3.8) is 0 Å². The summed E-state index contributed by atoms with van der Waals surface area (Å²) in [5.41, 5.74) is -4.20. The van der Waals surface area contributed by atoms with Crippen LogP contribution >= 0.6 is 6.88 Å². The van der Waals surface area contributed by atoms with E-state index in [-0.39, 0.29) is 30.1 Å². The fraction of sp³-hybridized carbons (Fsp3) is 0.314. The van der Waals surface area contributed by atoms with Crippen molar-refractivity contribution in [2.45, 2.75) is 60.5 Å². The number of rotatable bonds is 11. The van der Waals surface area contributed by atoms with Crippen molar-refractivity contribution in [3.05, 3.63) is 144 Å². The van der Waals surface area contributed by atoms with E-state index in [1.807, 2.05) is 121 Å². The van der Waals surface area contributed by atoms with E-state index >= 15 is 0 Å². The van der Waals surface area contributed by atoms with Crippen molar-refractivity contribution in [1.29, 1.82) is 0 Å². The normalized spacial score (nSPS) is 29.8. The Bertz CT molecular complexity index is 1450. The van der Waals surface area contributed by atoms with Crippen molar-refractivity contribution in [1.82, 2.24) is 0 Å². The van der Waals surface area contributed by atoms with E-state index in [1.165, 1.54) is 0 Å². The van der Waals surface area contributed by atoms with Crippen molar-refractivity contribution in [2.24, 2.45) is 0 Å². The maximum absolute atomic E-state index is 13.2. The molecule has 5 rings (SSSR count). The second-order valence-electron chi connectivity index (χ2n) is 11.5. The van der Waals surface area contributed by atoms with Crippen LogP contribution in [0.25, 0.3) is 0 Å². The van der Waals surface area contributed by atoms with Crippen LogP contribution in [-0.4, -0.2) is 64.8 Å². The van der Waals surface area contributed by atoms with E-state index < -0.39 is 55.5 Å². The Morgan fingerprint density at radius 1 is 0.605 bits per heavy atom. The van der Waals surface area contributed by atoms with E-state index in [1.54, 1.807) is 0 Å². The number of hydrogen-bond acceptors (Lipinski definition) is 6. The van der Waals surface area contributed by atoms with Gasteiger partial charge in [-0.2, -0.15) is 0 Å². The predicted molar refractivity (Wildman–Crippen MR) is 166 cm³/mol. The first-order chi connectivity index (χ1) is 20.6. The van der Waals surface area contributed by atoms with Gasteiger partial charge in [0.25, 0.3) is 0 Å². The zero-order chi connectivity index (χ0) is 30.6. The van der Waals surface area contributed by atoms with Crippen molar-refractivity contribution in [3.8, 4) is 0 Å². The van der Waals surface area contributed by atoms with Crippen molar-refractivity contribution in [2.75, 3.05) is 4.43 Å². The van der Waals surface area contributed by atoms with Gasteiger partial charge in [0.2, 0.25) is 0 Å². The number of alkyl halides is 1. The minimum atomic E-state index is -2.38. The van der Waals surface area contributed by atoms with Crippen LogP contribution in [0.15, 0.2) is 121 Å². The Balaban J connectivity index is 1.73. The fourth-order valence-corrected chi connectivity index (χ4v) is 9.26. The first-order valence-electron chi connectivity index (χ1n) is 14.3. The number of halogens is 1.